The summed E-state index contributed by atoms with van der Waals surface area (Å²) in [4.78, 5) is 45.1. The van der Waals surface area contributed by atoms with Crippen molar-refractivity contribution in [2.24, 2.45) is 17.6 Å². The Kier molecular flexibility index (Phi) is 6.19. The van der Waals surface area contributed by atoms with Gasteiger partial charge in [-0.15, -0.1) is 0 Å². The van der Waals surface area contributed by atoms with Crippen LogP contribution < -0.4 is 16.3 Å². The maximum atomic E-state index is 13.5. The van der Waals surface area contributed by atoms with E-state index in [2.05, 4.69) is 5.48 Å². The number of ketones is 2. The van der Waals surface area contributed by atoms with Gasteiger partial charge in [-0.2, -0.15) is 5.06 Å². The minimum absolute atomic E-state index is 0.0302. The molecule has 5 atom stereocenters. The molecule has 1 aliphatic heterocycles. The molecule has 1 aromatic rings. The summed E-state index contributed by atoms with van der Waals surface area (Å²) in [5, 5.41) is 10.4. The molecular formula is C21H29N3O5. The number of para-hydroxylation sites is 1. The van der Waals surface area contributed by atoms with Crippen LogP contribution >= 0.6 is 0 Å². The van der Waals surface area contributed by atoms with Crippen LogP contribution in [0.2, 0.25) is 0 Å². The third kappa shape index (κ3) is 3.40. The van der Waals surface area contributed by atoms with E-state index in [9.17, 15) is 19.6 Å². The third-order valence-corrected chi connectivity index (χ3v) is 6.29. The molecule has 1 fully saturated rings. The zero-order chi connectivity index (χ0) is 21.3. The number of nitrogens with one attached hydrogen (secondary N) is 1. The van der Waals surface area contributed by atoms with Gasteiger partial charge in [0.25, 0.3) is 5.91 Å². The number of hydrogen-bond acceptors (Lipinski definition) is 7. The lowest BCUT2D eigenvalue weighted by Gasteiger charge is -2.47. The zero-order valence-corrected chi connectivity index (χ0v) is 17.1. The van der Waals surface area contributed by atoms with Crippen LogP contribution in [0.4, 0.5) is 5.69 Å². The SMILES string of the molecule is CCCC(C[C@@H](C)C1CC(=O)C2c3ccccc3N(OC)C(=O)[C@]2(N)C1=O)NO. The topological polar surface area (TPSA) is 122 Å². The molecule has 8 heteroatoms. The van der Waals surface area contributed by atoms with E-state index in [0.717, 1.165) is 17.9 Å². The second-order valence-electron chi connectivity index (χ2n) is 8.11. The molecule has 1 heterocycles. The number of amides is 1. The van der Waals surface area contributed by atoms with Crippen molar-refractivity contribution in [3.8, 4) is 0 Å². The van der Waals surface area contributed by atoms with Crippen molar-refractivity contribution < 1.29 is 24.4 Å². The van der Waals surface area contributed by atoms with Gasteiger partial charge in [0.1, 0.15) is 5.78 Å². The molecule has 29 heavy (non-hydrogen) atoms. The first kappa shape index (κ1) is 21.6. The minimum Gasteiger partial charge on any atom is -0.317 e. The largest absolute Gasteiger partial charge is 0.317 e. The standard InChI is InChI=1S/C21H29N3O5/c1-4-7-13(23-28)10-12(2)15-11-17(25)18-14-8-5-6-9-16(14)24(29-3)20(27)21(18,22)19(15)26/h5-6,8-9,12-13,15,18,23,28H,4,7,10-11,22H2,1-3H3/t12-,13?,15?,18?,21-/m1/s1. The number of fused-ring (bicyclic) bond motifs is 3. The van der Waals surface area contributed by atoms with E-state index in [4.69, 9.17) is 10.6 Å². The molecule has 158 valence electrons. The molecule has 3 rings (SSSR count). The molecule has 3 unspecified atom stereocenters. The molecule has 8 nitrogen and oxygen atoms in total. The number of nitrogens with zero attached hydrogens (tertiary/aromatic N) is 1. The van der Waals surface area contributed by atoms with Crippen molar-refractivity contribution in [3.05, 3.63) is 29.8 Å². The Labute approximate surface area is 170 Å². The van der Waals surface area contributed by atoms with Crippen LogP contribution in [0.3, 0.4) is 0 Å². The summed E-state index contributed by atoms with van der Waals surface area (Å²) in [5.74, 6) is -3.32. The maximum absolute atomic E-state index is 13.5. The maximum Gasteiger partial charge on any atom is 0.279 e. The van der Waals surface area contributed by atoms with Crippen LogP contribution in [0, 0.1) is 11.8 Å². The number of hydrogen-bond donors (Lipinski definition) is 3. The highest BCUT2D eigenvalue weighted by Gasteiger charge is 2.63. The van der Waals surface area contributed by atoms with E-state index in [1.165, 1.54) is 7.11 Å². The number of nitrogens with two attached hydrogens (primary N) is 1. The lowest BCUT2D eigenvalue weighted by Crippen LogP contribution is -2.71. The fraction of sp³-hybridized carbons (Fsp3) is 0.571. The van der Waals surface area contributed by atoms with Gasteiger partial charge in [0, 0.05) is 18.4 Å². The second-order valence-corrected chi connectivity index (χ2v) is 8.11. The Morgan fingerprint density at radius 3 is 2.66 bits per heavy atom. The van der Waals surface area contributed by atoms with Crippen LogP contribution in [0.1, 0.15) is 51.0 Å². The quantitative estimate of drug-likeness (QED) is 0.468. The van der Waals surface area contributed by atoms with Crippen molar-refractivity contribution in [2.75, 3.05) is 12.2 Å². The monoisotopic (exact) mass is 403 g/mol. The molecule has 0 bridgehead atoms. The van der Waals surface area contributed by atoms with Gasteiger partial charge in [0.05, 0.1) is 18.7 Å². The van der Waals surface area contributed by atoms with Crippen LogP contribution in [0.5, 0.6) is 0 Å². The number of rotatable bonds is 7. The minimum atomic E-state index is -1.99. The predicted molar refractivity (Wildman–Crippen MR) is 106 cm³/mol. The number of Topliss-reactive ketones (excluding diaryl/α,β-unsaturated/α-hetero) is 2. The highest BCUT2D eigenvalue weighted by atomic mass is 16.7. The fourth-order valence-corrected chi connectivity index (χ4v) is 4.81. The zero-order valence-electron chi connectivity index (χ0n) is 17.1. The van der Waals surface area contributed by atoms with Gasteiger partial charge >= 0.3 is 0 Å². The summed E-state index contributed by atoms with van der Waals surface area (Å²) >= 11 is 0. The van der Waals surface area contributed by atoms with Crippen LogP contribution in [0.25, 0.3) is 0 Å². The van der Waals surface area contributed by atoms with Crippen molar-refractivity contribution in [1.82, 2.24) is 5.48 Å². The summed E-state index contributed by atoms with van der Waals surface area (Å²) in [6.07, 6.45) is 2.12. The van der Waals surface area contributed by atoms with Gasteiger partial charge in [-0.3, -0.25) is 19.2 Å². The molecule has 1 amide bonds. The summed E-state index contributed by atoms with van der Waals surface area (Å²) < 4.78 is 0. The van der Waals surface area contributed by atoms with Gasteiger partial charge in [0.2, 0.25) is 0 Å². The molecule has 0 saturated heterocycles. The second kappa shape index (κ2) is 8.31. The van der Waals surface area contributed by atoms with Gasteiger partial charge in [-0.05, 0) is 30.4 Å². The highest BCUT2D eigenvalue weighted by molar-refractivity contribution is 6.25. The summed E-state index contributed by atoms with van der Waals surface area (Å²) in [6, 6.07) is 6.67. The highest BCUT2D eigenvalue weighted by Crippen LogP contribution is 2.47. The average Bonchev–Trinajstić information content (AvgIpc) is 2.71. The van der Waals surface area contributed by atoms with Gasteiger partial charge in [-0.25, -0.2) is 5.48 Å². The van der Waals surface area contributed by atoms with E-state index in [-0.39, 0.29) is 24.2 Å². The van der Waals surface area contributed by atoms with E-state index in [1.807, 2.05) is 13.8 Å². The lowest BCUT2D eigenvalue weighted by molar-refractivity contribution is -0.151. The van der Waals surface area contributed by atoms with Crippen LogP contribution in [-0.2, 0) is 19.2 Å². The number of carbonyl (C=O) groups is 3. The summed E-state index contributed by atoms with van der Waals surface area (Å²) in [5.41, 5.74) is 7.72. The molecule has 0 aromatic heterocycles. The number of hydroxylamine groups is 2. The van der Waals surface area contributed by atoms with E-state index in [1.54, 1.807) is 24.3 Å². The lowest BCUT2D eigenvalue weighted by atomic mass is 9.60. The Balaban J connectivity index is 1.99. The molecule has 4 N–H and O–H groups in total. The molecule has 1 aromatic carbocycles. The Hall–Kier alpha value is -2.13. The Morgan fingerprint density at radius 1 is 1.34 bits per heavy atom. The number of benzene rings is 1. The first-order valence-electron chi connectivity index (χ1n) is 10.0. The average molecular weight is 403 g/mol. The summed E-state index contributed by atoms with van der Waals surface area (Å²) in [7, 11) is 1.33. The Bertz CT molecular complexity index is 813. The van der Waals surface area contributed by atoms with Gasteiger partial charge in [0.15, 0.2) is 11.3 Å². The van der Waals surface area contributed by atoms with E-state index >= 15 is 0 Å². The van der Waals surface area contributed by atoms with Gasteiger partial charge in [-0.1, -0.05) is 38.5 Å². The van der Waals surface area contributed by atoms with Gasteiger partial charge < -0.3 is 10.9 Å². The normalized spacial score (nSPS) is 28.7. The van der Waals surface area contributed by atoms with E-state index in [0.29, 0.717) is 17.7 Å². The van der Waals surface area contributed by atoms with Crippen molar-refractivity contribution >= 4 is 23.2 Å². The van der Waals surface area contributed by atoms with E-state index < -0.39 is 29.1 Å². The van der Waals surface area contributed by atoms with Crippen molar-refractivity contribution in [2.45, 2.75) is 57.0 Å². The Morgan fingerprint density at radius 2 is 2.03 bits per heavy atom. The first-order valence-corrected chi connectivity index (χ1v) is 10.0. The number of carbonyl (C=O) groups excluding carboxylic acids is 3. The fourth-order valence-electron chi connectivity index (χ4n) is 4.81. The summed E-state index contributed by atoms with van der Waals surface area (Å²) in [6.45, 7) is 3.86. The van der Waals surface area contributed by atoms with Crippen LogP contribution in [-0.4, -0.2) is 41.4 Å². The smallest absolute Gasteiger partial charge is 0.279 e. The molecule has 1 saturated carbocycles. The molecule has 2 aliphatic rings. The van der Waals surface area contributed by atoms with Crippen LogP contribution in [0.15, 0.2) is 24.3 Å². The van der Waals surface area contributed by atoms with Crippen molar-refractivity contribution in [3.63, 3.8) is 0 Å². The van der Waals surface area contributed by atoms with Crippen molar-refractivity contribution in [1.29, 1.82) is 0 Å². The number of anilines is 1. The predicted octanol–water partition coefficient (Wildman–Crippen LogP) is 1.71. The molecule has 0 spiro atoms. The third-order valence-electron chi connectivity index (χ3n) is 6.29. The molecule has 1 aliphatic carbocycles. The molecule has 0 radical (unpaired) electrons. The first-order chi connectivity index (χ1) is 13.8. The molecular weight excluding hydrogens is 374 g/mol.